The van der Waals surface area contributed by atoms with Crippen molar-refractivity contribution in [2.24, 2.45) is 11.8 Å². The average molecular weight is 282 g/mol. The Morgan fingerprint density at radius 3 is 2.95 bits per heavy atom. The van der Waals surface area contributed by atoms with Crippen molar-refractivity contribution in [3.8, 4) is 0 Å². The highest BCUT2D eigenvalue weighted by Gasteiger charge is 2.29. The smallest absolute Gasteiger partial charge is 0.0702 e. The molecule has 1 N–H and O–H groups in total. The van der Waals surface area contributed by atoms with E-state index in [0.717, 1.165) is 23.9 Å². The lowest BCUT2D eigenvalue weighted by molar-refractivity contribution is 0.359. The van der Waals surface area contributed by atoms with Crippen LogP contribution in [0.3, 0.4) is 0 Å². The van der Waals surface area contributed by atoms with Crippen LogP contribution in [0.2, 0.25) is 0 Å². The van der Waals surface area contributed by atoms with E-state index in [9.17, 15) is 0 Å². The van der Waals surface area contributed by atoms with E-state index in [2.05, 4.69) is 48.4 Å². The van der Waals surface area contributed by atoms with Crippen molar-refractivity contribution in [3.63, 3.8) is 0 Å². The molecule has 0 bridgehead atoms. The van der Waals surface area contributed by atoms with Crippen LogP contribution in [-0.4, -0.2) is 11.5 Å². The lowest BCUT2D eigenvalue weighted by Gasteiger charge is -2.26. The van der Waals surface area contributed by atoms with Crippen LogP contribution < -0.4 is 5.32 Å². The molecule has 2 heteroatoms. The molecule has 112 valence electrons. The summed E-state index contributed by atoms with van der Waals surface area (Å²) in [7, 11) is 0. The van der Waals surface area contributed by atoms with E-state index in [1.165, 1.54) is 36.6 Å². The molecule has 2 nitrogen and oxygen atoms in total. The van der Waals surface area contributed by atoms with Gasteiger partial charge in [-0.25, -0.2) is 0 Å². The summed E-state index contributed by atoms with van der Waals surface area (Å²) in [6, 6.07) is 11.5. The molecule has 0 saturated heterocycles. The van der Waals surface area contributed by atoms with E-state index in [1.807, 2.05) is 12.3 Å². The standard InChI is InChI=1S/C19H26N2/c1-3-10-21-19(16-7-6-14(2)12-16)17-8-9-18-15(13-17)5-4-11-20-18/h4-5,8-9,11,13-14,16,19,21H,3,6-7,10,12H2,1-2H3. The highest BCUT2D eigenvalue weighted by atomic mass is 14.9. The molecular formula is C19H26N2. The van der Waals surface area contributed by atoms with Crippen molar-refractivity contribution >= 4 is 10.9 Å². The van der Waals surface area contributed by atoms with Gasteiger partial charge in [-0.1, -0.05) is 32.4 Å². The Balaban J connectivity index is 1.89. The number of nitrogens with one attached hydrogen (secondary N) is 1. The average Bonchev–Trinajstić information content (AvgIpc) is 2.94. The third-order valence-electron chi connectivity index (χ3n) is 4.81. The van der Waals surface area contributed by atoms with E-state index in [-0.39, 0.29) is 0 Å². The van der Waals surface area contributed by atoms with Crippen LogP contribution in [0.5, 0.6) is 0 Å². The second kappa shape index (κ2) is 6.57. The Bertz CT molecular complexity index is 593. The van der Waals surface area contributed by atoms with Crippen molar-refractivity contribution in [3.05, 3.63) is 42.1 Å². The maximum Gasteiger partial charge on any atom is 0.0702 e. The first-order chi connectivity index (χ1) is 10.3. The normalized spacial score (nSPS) is 23.5. The molecule has 1 fully saturated rings. The molecule has 1 aromatic heterocycles. The summed E-state index contributed by atoms with van der Waals surface area (Å²) in [5, 5.41) is 5.05. The molecule has 1 aliphatic rings. The van der Waals surface area contributed by atoms with Crippen LogP contribution in [0, 0.1) is 11.8 Å². The molecule has 0 amide bonds. The number of hydrogen-bond acceptors (Lipinski definition) is 2. The Kier molecular flexibility index (Phi) is 4.54. The largest absolute Gasteiger partial charge is 0.310 e. The molecule has 21 heavy (non-hydrogen) atoms. The zero-order valence-corrected chi connectivity index (χ0v) is 13.2. The Morgan fingerprint density at radius 1 is 1.29 bits per heavy atom. The second-order valence-electron chi connectivity index (χ2n) is 6.57. The Hall–Kier alpha value is -1.41. The number of aromatic nitrogens is 1. The monoisotopic (exact) mass is 282 g/mol. The zero-order chi connectivity index (χ0) is 14.7. The van der Waals surface area contributed by atoms with Gasteiger partial charge in [0.2, 0.25) is 0 Å². The van der Waals surface area contributed by atoms with E-state index in [0.29, 0.717) is 6.04 Å². The fourth-order valence-corrected chi connectivity index (χ4v) is 3.70. The minimum absolute atomic E-state index is 0.500. The lowest BCUT2D eigenvalue weighted by Crippen LogP contribution is -2.28. The number of nitrogens with zero attached hydrogens (tertiary/aromatic N) is 1. The van der Waals surface area contributed by atoms with Gasteiger partial charge in [-0.3, -0.25) is 4.98 Å². The van der Waals surface area contributed by atoms with Gasteiger partial charge in [0.05, 0.1) is 5.52 Å². The minimum atomic E-state index is 0.500. The molecule has 1 aromatic carbocycles. The number of rotatable bonds is 5. The van der Waals surface area contributed by atoms with E-state index < -0.39 is 0 Å². The zero-order valence-electron chi connectivity index (χ0n) is 13.2. The van der Waals surface area contributed by atoms with Crippen LogP contribution in [0.25, 0.3) is 10.9 Å². The number of hydrogen-bond donors (Lipinski definition) is 1. The van der Waals surface area contributed by atoms with Gasteiger partial charge in [-0.05, 0) is 61.4 Å². The highest BCUT2D eigenvalue weighted by molar-refractivity contribution is 5.79. The van der Waals surface area contributed by atoms with E-state index >= 15 is 0 Å². The molecule has 1 saturated carbocycles. The maximum absolute atomic E-state index is 4.43. The van der Waals surface area contributed by atoms with Crippen LogP contribution in [0.15, 0.2) is 36.5 Å². The van der Waals surface area contributed by atoms with Crippen LogP contribution in [0.4, 0.5) is 0 Å². The Morgan fingerprint density at radius 2 is 2.19 bits per heavy atom. The van der Waals surface area contributed by atoms with Gasteiger partial charge in [0.15, 0.2) is 0 Å². The first-order valence-corrected chi connectivity index (χ1v) is 8.36. The first-order valence-electron chi connectivity index (χ1n) is 8.36. The quantitative estimate of drug-likeness (QED) is 0.859. The summed E-state index contributed by atoms with van der Waals surface area (Å²) in [4.78, 5) is 4.43. The van der Waals surface area contributed by atoms with Gasteiger partial charge < -0.3 is 5.32 Å². The molecule has 1 aliphatic carbocycles. The van der Waals surface area contributed by atoms with Gasteiger partial charge in [0.1, 0.15) is 0 Å². The van der Waals surface area contributed by atoms with E-state index in [1.54, 1.807) is 0 Å². The van der Waals surface area contributed by atoms with Gasteiger partial charge >= 0.3 is 0 Å². The van der Waals surface area contributed by atoms with E-state index in [4.69, 9.17) is 0 Å². The van der Waals surface area contributed by atoms with Crippen molar-refractivity contribution in [2.75, 3.05) is 6.54 Å². The van der Waals surface area contributed by atoms with Crippen LogP contribution in [0.1, 0.15) is 51.1 Å². The van der Waals surface area contributed by atoms with Crippen LogP contribution in [-0.2, 0) is 0 Å². The van der Waals surface area contributed by atoms with Crippen LogP contribution >= 0.6 is 0 Å². The molecule has 3 unspecified atom stereocenters. The number of pyridine rings is 1. The summed E-state index contributed by atoms with van der Waals surface area (Å²) < 4.78 is 0. The van der Waals surface area contributed by atoms with Crippen molar-refractivity contribution in [1.82, 2.24) is 10.3 Å². The number of benzene rings is 1. The molecule has 2 aromatic rings. The molecule has 0 spiro atoms. The maximum atomic E-state index is 4.43. The lowest BCUT2D eigenvalue weighted by atomic mass is 9.90. The predicted octanol–water partition coefficient (Wildman–Crippen LogP) is 4.71. The van der Waals surface area contributed by atoms with Crippen molar-refractivity contribution < 1.29 is 0 Å². The number of fused-ring (bicyclic) bond motifs is 1. The summed E-state index contributed by atoms with van der Waals surface area (Å²) in [6.45, 7) is 5.73. The highest BCUT2D eigenvalue weighted by Crippen LogP contribution is 2.39. The fraction of sp³-hybridized carbons (Fsp3) is 0.526. The summed E-state index contributed by atoms with van der Waals surface area (Å²) in [5.41, 5.74) is 2.53. The second-order valence-corrected chi connectivity index (χ2v) is 6.57. The van der Waals surface area contributed by atoms with Gasteiger partial charge in [-0.2, -0.15) is 0 Å². The fourth-order valence-electron chi connectivity index (χ4n) is 3.70. The van der Waals surface area contributed by atoms with Crippen molar-refractivity contribution in [1.29, 1.82) is 0 Å². The van der Waals surface area contributed by atoms with Gasteiger partial charge in [0, 0.05) is 17.6 Å². The summed E-state index contributed by atoms with van der Waals surface area (Å²) in [6.07, 6.45) is 7.14. The molecular weight excluding hydrogens is 256 g/mol. The SMILES string of the molecule is CCCNC(c1ccc2ncccc2c1)C1CCC(C)C1. The topological polar surface area (TPSA) is 24.9 Å². The van der Waals surface area contributed by atoms with Crippen molar-refractivity contribution in [2.45, 2.75) is 45.6 Å². The molecule has 3 rings (SSSR count). The molecule has 1 heterocycles. The first kappa shape index (κ1) is 14.5. The molecule has 3 atom stereocenters. The summed E-state index contributed by atoms with van der Waals surface area (Å²) >= 11 is 0. The Labute approximate surface area is 128 Å². The minimum Gasteiger partial charge on any atom is -0.310 e. The third kappa shape index (κ3) is 3.26. The third-order valence-corrected chi connectivity index (χ3v) is 4.81. The molecule has 0 radical (unpaired) electrons. The predicted molar refractivity (Wildman–Crippen MR) is 89.3 cm³/mol. The summed E-state index contributed by atoms with van der Waals surface area (Å²) in [5.74, 6) is 1.66. The van der Waals surface area contributed by atoms with Gasteiger partial charge in [0.25, 0.3) is 0 Å². The van der Waals surface area contributed by atoms with Gasteiger partial charge in [-0.15, -0.1) is 0 Å². The molecule has 0 aliphatic heterocycles.